The second-order valence-electron chi connectivity index (χ2n) is 4.87. The van der Waals surface area contributed by atoms with Crippen LogP contribution in [0, 0.1) is 0 Å². The number of aryl methyl sites for hydroxylation is 2. The third-order valence-corrected chi connectivity index (χ3v) is 3.52. The number of rotatable bonds is 2. The van der Waals surface area contributed by atoms with E-state index in [9.17, 15) is 9.59 Å². The van der Waals surface area contributed by atoms with Gasteiger partial charge < -0.3 is 19.7 Å². The second-order valence-corrected chi connectivity index (χ2v) is 4.87. The van der Waals surface area contributed by atoms with Crippen LogP contribution in [0.4, 0.5) is 9.59 Å². The van der Waals surface area contributed by atoms with Crippen molar-refractivity contribution in [2.75, 3.05) is 0 Å². The normalized spacial score (nSPS) is 12.0. The van der Waals surface area contributed by atoms with Gasteiger partial charge in [0.1, 0.15) is 11.5 Å². The summed E-state index contributed by atoms with van der Waals surface area (Å²) in [4.78, 5) is 21.2. The maximum absolute atomic E-state index is 10.6. The lowest BCUT2D eigenvalue weighted by atomic mass is 9.85. The highest BCUT2D eigenvalue weighted by Crippen LogP contribution is 2.37. The van der Waals surface area contributed by atoms with Crippen LogP contribution < -0.4 is 9.47 Å². The lowest BCUT2D eigenvalue weighted by Crippen LogP contribution is -2.08. The molecule has 0 radical (unpaired) electrons. The highest BCUT2D eigenvalue weighted by atomic mass is 16.7. The first-order chi connectivity index (χ1) is 10.5. The van der Waals surface area contributed by atoms with Gasteiger partial charge in [0.15, 0.2) is 0 Å². The smallest absolute Gasteiger partial charge is 0.449 e. The first kappa shape index (κ1) is 13.9. The fourth-order valence-electron chi connectivity index (χ4n) is 2.68. The van der Waals surface area contributed by atoms with Gasteiger partial charge in [0.05, 0.1) is 0 Å². The van der Waals surface area contributed by atoms with Crippen molar-refractivity contribution in [2.45, 2.75) is 12.8 Å². The van der Waals surface area contributed by atoms with E-state index in [1.54, 1.807) is 24.3 Å². The molecule has 0 saturated carbocycles. The van der Waals surface area contributed by atoms with Crippen molar-refractivity contribution in [1.29, 1.82) is 0 Å². The van der Waals surface area contributed by atoms with Crippen LogP contribution in [-0.4, -0.2) is 22.5 Å². The van der Waals surface area contributed by atoms with Crippen LogP contribution >= 0.6 is 0 Å². The van der Waals surface area contributed by atoms with Crippen molar-refractivity contribution in [3.63, 3.8) is 0 Å². The summed E-state index contributed by atoms with van der Waals surface area (Å²) in [6.45, 7) is 0. The molecule has 0 aromatic heterocycles. The Kier molecular flexibility index (Phi) is 3.42. The summed E-state index contributed by atoms with van der Waals surface area (Å²) in [7, 11) is 0. The molecular formula is C16H12O6. The van der Waals surface area contributed by atoms with E-state index in [1.807, 2.05) is 12.1 Å². The average Bonchev–Trinajstić information content (AvgIpc) is 2.45. The number of fused-ring (bicyclic) bond motifs is 3. The Labute approximate surface area is 125 Å². The number of hydrogen-bond acceptors (Lipinski definition) is 4. The number of carboxylic acid groups (broad SMARTS) is 2. The minimum Gasteiger partial charge on any atom is -0.449 e. The quantitative estimate of drug-likeness (QED) is 0.650. The van der Waals surface area contributed by atoms with Gasteiger partial charge in [-0.1, -0.05) is 12.1 Å². The molecule has 3 rings (SSSR count). The third-order valence-electron chi connectivity index (χ3n) is 3.52. The minimum atomic E-state index is -1.34. The van der Waals surface area contributed by atoms with Gasteiger partial charge in [-0.05, 0) is 59.4 Å². The van der Waals surface area contributed by atoms with Crippen molar-refractivity contribution < 1.29 is 29.3 Å². The molecular weight excluding hydrogens is 288 g/mol. The fraction of sp³-hybridized carbons (Fsp3) is 0.125. The topological polar surface area (TPSA) is 93.1 Å². The minimum absolute atomic E-state index is 0.292. The van der Waals surface area contributed by atoms with Gasteiger partial charge in [-0.3, -0.25) is 0 Å². The van der Waals surface area contributed by atoms with Crippen LogP contribution in [0.5, 0.6) is 11.5 Å². The van der Waals surface area contributed by atoms with Crippen molar-refractivity contribution in [2.24, 2.45) is 0 Å². The first-order valence-corrected chi connectivity index (χ1v) is 6.61. The summed E-state index contributed by atoms with van der Waals surface area (Å²) in [5.41, 5.74) is 3.97. The molecule has 1 aliphatic rings. The monoisotopic (exact) mass is 300 g/mol. The van der Waals surface area contributed by atoms with Gasteiger partial charge in [-0.2, -0.15) is 0 Å². The molecule has 0 bridgehead atoms. The van der Waals surface area contributed by atoms with E-state index in [0.29, 0.717) is 11.5 Å². The van der Waals surface area contributed by atoms with E-state index >= 15 is 0 Å². The molecule has 0 aliphatic heterocycles. The Morgan fingerprint density at radius 1 is 0.773 bits per heavy atom. The Hall–Kier alpha value is -3.02. The Morgan fingerprint density at radius 3 is 1.55 bits per heavy atom. The van der Waals surface area contributed by atoms with Gasteiger partial charge >= 0.3 is 12.3 Å². The molecule has 0 atom stereocenters. The van der Waals surface area contributed by atoms with Crippen LogP contribution in [0.1, 0.15) is 11.1 Å². The molecule has 0 unspecified atom stereocenters. The molecule has 22 heavy (non-hydrogen) atoms. The zero-order chi connectivity index (χ0) is 15.7. The van der Waals surface area contributed by atoms with Gasteiger partial charge in [-0.25, -0.2) is 9.59 Å². The molecule has 0 fully saturated rings. The average molecular weight is 300 g/mol. The largest absolute Gasteiger partial charge is 0.511 e. The van der Waals surface area contributed by atoms with E-state index < -0.39 is 12.3 Å². The molecule has 0 amide bonds. The first-order valence-electron chi connectivity index (χ1n) is 6.61. The molecule has 112 valence electrons. The number of benzene rings is 2. The van der Waals surface area contributed by atoms with Crippen molar-refractivity contribution in [3.8, 4) is 22.6 Å². The summed E-state index contributed by atoms with van der Waals surface area (Å²) in [5.74, 6) is 0.584. The van der Waals surface area contributed by atoms with Crippen molar-refractivity contribution in [1.82, 2.24) is 0 Å². The highest BCUT2D eigenvalue weighted by molar-refractivity contribution is 5.75. The molecule has 2 aromatic rings. The molecule has 6 nitrogen and oxygen atoms in total. The predicted octanol–water partition coefficient (Wildman–Crippen LogP) is 3.57. The highest BCUT2D eigenvalue weighted by Gasteiger charge is 2.18. The van der Waals surface area contributed by atoms with Gasteiger partial charge in [0.2, 0.25) is 0 Å². The van der Waals surface area contributed by atoms with E-state index in [4.69, 9.17) is 10.2 Å². The van der Waals surface area contributed by atoms with E-state index in [0.717, 1.165) is 35.1 Å². The standard InChI is InChI=1S/C16H12O6/c17-15(18)21-11-3-5-13-9(7-11)1-2-10-8-12(22-16(19)20)4-6-14(10)13/h3-8H,1-2H2,(H,17,18)(H,19,20). The van der Waals surface area contributed by atoms with Crippen LogP contribution in [0.15, 0.2) is 36.4 Å². The van der Waals surface area contributed by atoms with Crippen LogP contribution in [0.2, 0.25) is 0 Å². The summed E-state index contributed by atoms with van der Waals surface area (Å²) in [5, 5.41) is 17.3. The molecule has 6 heteroatoms. The zero-order valence-electron chi connectivity index (χ0n) is 11.4. The van der Waals surface area contributed by atoms with Gasteiger partial charge in [-0.15, -0.1) is 0 Å². The third kappa shape index (κ3) is 2.71. The molecule has 2 N–H and O–H groups in total. The zero-order valence-corrected chi connectivity index (χ0v) is 11.4. The number of carbonyl (C=O) groups is 2. The van der Waals surface area contributed by atoms with Gasteiger partial charge in [0, 0.05) is 0 Å². The fourth-order valence-corrected chi connectivity index (χ4v) is 2.68. The van der Waals surface area contributed by atoms with E-state index in [2.05, 4.69) is 9.47 Å². The maximum atomic E-state index is 10.6. The maximum Gasteiger partial charge on any atom is 0.511 e. The van der Waals surface area contributed by atoms with Crippen LogP contribution in [0.25, 0.3) is 11.1 Å². The Morgan fingerprint density at radius 2 is 1.18 bits per heavy atom. The van der Waals surface area contributed by atoms with Crippen molar-refractivity contribution in [3.05, 3.63) is 47.5 Å². The number of hydrogen-bond donors (Lipinski definition) is 2. The molecule has 0 saturated heterocycles. The van der Waals surface area contributed by atoms with Crippen molar-refractivity contribution >= 4 is 12.3 Å². The second kappa shape index (κ2) is 5.40. The summed E-state index contributed by atoms with van der Waals surface area (Å²) < 4.78 is 9.33. The van der Waals surface area contributed by atoms with Crippen LogP contribution in [0.3, 0.4) is 0 Å². The number of ether oxygens (including phenoxy) is 2. The van der Waals surface area contributed by atoms with Gasteiger partial charge in [0.25, 0.3) is 0 Å². The summed E-state index contributed by atoms with van der Waals surface area (Å²) in [6, 6.07) is 10.3. The lowest BCUT2D eigenvalue weighted by Gasteiger charge is -2.20. The Balaban J connectivity index is 1.96. The predicted molar refractivity (Wildman–Crippen MR) is 76.6 cm³/mol. The van der Waals surface area contributed by atoms with Crippen LogP contribution in [-0.2, 0) is 12.8 Å². The molecule has 0 heterocycles. The summed E-state index contributed by atoms with van der Waals surface area (Å²) in [6.07, 6.45) is -1.25. The molecule has 1 aliphatic carbocycles. The van der Waals surface area contributed by atoms with E-state index in [1.165, 1.54) is 0 Å². The molecule has 0 spiro atoms. The summed E-state index contributed by atoms with van der Waals surface area (Å²) >= 11 is 0. The Bertz CT molecular complexity index is 700. The van der Waals surface area contributed by atoms with E-state index in [-0.39, 0.29) is 0 Å². The SMILES string of the molecule is O=C(O)Oc1ccc2c(c1)CCc1cc(OC(=O)O)ccc1-2. The lowest BCUT2D eigenvalue weighted by molar-refractivity contribution is 0.143. The molecule has 2 aromatic carbocycles.